The van der Waals surface area contributed by atoms with Crippen LogP contribution >= 0.6 is 0 Å². The number of nitrogens with zero attached hydrogens (tertiary/aromatic N) is 3. The number of ether oxygens (including phenoxy) is 1. The molecule has 2 rings (SSSR count). The van der Waals surface area contributed by atoms with Crippen LogP contribution in [-0.2, 0) is 9.53 Å². The standard InChI is InChI=1S/C12H16N4O2/c1-9(18-2)3-6-12(17)15-10-4-5-11-13-8-14-16(11)7-10/h4-5,7-9H,3,6H2,1-2H3,(H,15,17). The molecule has 0 aromatic carbocycles. The summed E-state index contributed by atoms with van der Waals surface area (Å²) in [6, 6.07) is 3.61. The summed E-state index contributed by atoms with van der Waals surface area (Å²) in [5.74, 6) is -0.0293. The van der Waals surface area contributed by atoms with E-state index in [2.05, 4.69) is 15.4 Å². The molecule has 0 saturated heterocycles. The number of anilines is 1. The molecule has 2 aromatic rings. The van der Waals surface area contributed by atoms with E-state index in [4.69, 9.17) is 4.74 Å². The van der Waals surface area contributed by atoms with Crippen molar-refractivity contribution in [1.29, 1.82) is 0 Å². The van der Waals surface area contributed by atoms with Crippen molar-refractivity contribution in [2.75, 3.05) is 12.4 Å². The molecule has 1 unspecified atom stereocenters. The molecule has 96 valence electrons. The molecule has 6 heteroatoms. The maximum atomic E-state index is 11.7. The predicted molar refractivity (Wildman–Crippen MR) is 67.3 cm³/mol. The smallest absolute Gasteiger partial charge is 0.224 e. The van der Waals surface area contributed by atoms with E-state index in [1.807, 2.05) is 13.0 Å². The van der Waals surface area contributed by atoms with Crippen molar-refractivity contribution in [3.63, 3.8) is 0 Å². The van der Waals surface area contributed by atoms with E-state index >= 15 is 0 Å². The predicted octanol–water partition coefficient (Wildman–Crippen LogP) is 1.48. The molecule has 0 fully saturated rings. The molecule has 1 atom stereocenters. The van der Waals surface area contributed by atoms with Crippen molar-refractivity contribution < 1.29 is 9.53 Å². The van der Waals surface area contributed by atoms with Crippen molar-refractivity contribution in [2.45, 2.75) is 25.9 Å². The first-order valence-electron chi connectivity index (χ1n) is 5.81. The molecule has 0 aliphatic carbocycles. The number of nitrogens with one attached hydrogen (secondary N) is 1. The Balaban J connectivity index is 1.94. The van der Waals surface area contributed by atoms with Gasteiger partial charge in [-0.3, -0.25) is 4.79 Å². The Hall–Kier alpha value is -1.95. The lowest BCUT2D eigenvalue weighted by Crippen LogP contribution is -2.15. The van der Waals surface area contributed by atoms with Crippen LogP contribution in [0, 0.1) is 0 Å². The van der Waals surface area contributed by atoms with Gasteiger partial charge in [-0.2, -0.15) is 5.10 Å². The number of pyridine rings is 1. The monoisotopic (exact) mass is 248 g/mol. The molecule has 2 heterocycles. The van der Waals surface area contributed by atoms with Gasteiger partial charge in [-0.1, -0.05) is 0 Å². The van der Waals surface area contributed by atoms with E-state index < -0.39 is 0 Å². The van der Waals surface area contributed by atoms with Gasteiger partial charge in [-0.05, 0) is 25.5 Å². The minimum absolute atomic E-state index is 0.0293. The fourth-order valence-electron chi connectivity index (χ4n) is 1.57. The van der Waals surface area contributed by atoms with Crippen LogP contribution in [0.2, 0.25) is 0 Å². The summed E-state index contributed by atoms with van der Waals surface area (Å²) in [6.07, 6.45) is 4.44. The summed E-state index contributed by atoms with van der Waals surface area (Å²) < 4.78 is 6.71. The third-order valence-corrected chi connectivity index (χ3v) is 2.74. The van der Waals surface area contributed by atoms with E-state index in [0.717, 1.165) is 5.65 Å². The van der Waals surface area contributed by atoms with Crippen LogP contribution in [0.1, 0.15) is 19.8 Å². The number of hydrogen-bond acceptors (Lipinski definition) is 4. The lowest BCUT2D eigenvalue weighted by molar-refractivity contribution is -0.116. The first kappa shape index (κ1) is 12.5. The summed E-state index contributed by atoms with van der Waals surface area (Å²) in [6.45, 7) is 1.94. The van der Waals surface area contributed by atoms with Gasteiger partial charge in [-0.15, -0.1) is 0 Å². The Labute approximate surface area is 105 Å². The zero-order valence-electron chi connectivity index (χ0n) is 10.5. The van der Waals surface area contributed by atoms with Crippen LogP contribution in [-0.4, -0.2) is 33.7 Å². The molecular weight excluding hydrogens is 232 g/mol. The van der Waals surface area contributed by atoms with E-state index in [1.54, 1.807) is 23.9 Å². The zero-order chi connectivity index (χ0) is 13.0. The molecule has 0 aliphatic rings. The van der Waals surface area contributed by atoms with Gasteiger partial charge in [0.2, 0.25) is 5.91 Å². The topological polar surface area (TPSA) is 68.5 Å². The largest absolute Gasteiger partial charge is 0.382 e. The zero-order valence-corrected chi connectivity index (χ0v) is 10.5. The van der Waals surface area contributed by atoms with Gasteiger partial charge < -0.3 is 10.1 Å². The lowest BCUT2D eigenvalue weighted by Gasteiger charge is -2.09. The molecule has 0 saturated carbocycles. The fraction of sp³-hybridized carbons (Fsp3) is 0.417. The minimum atomic E-state index is -0.0293. The molecule has 1 N–H and O–H groups in total. The number of rotatable bonds is 5. The summed E-state index contributed by atoms with van der Waals surface area (Å²) in [5.41, 5.74) is 1.46. The third kappa shape index (κ3) is 3.04. The summed E-state index contributed by atoms with van der Waals surface area (Å²) in [4.78, 5) is 15.7. The number of methoxy groups -OCH3 is 1. The molecule has 18 heavy (non-hydrogen) atoms. The van der Waals surface area contributed by atoms with Crippen molar-refractivity contribution in [3.8, 4) is 0 Å². The molecule has 2 aromatic heterocycles. The van der Waals surface area contributed by atoms with Gasteiger partial charge in [0.05, 0.1) is 18.0 Å². The van der Waals surface area contributed by atoms with Gasteiger partial charge in [0.1, 0.15) is 6.33 Å². The van der Waals surface area contributed by atoms with E-state index in [1.165, 1.54) is 6.33 Å². The van der Waals surface area contributed by atoms with Crippen molar-refractivity contribution >= 4 is 17.2 Å². The van der Waals surface area contributed by atoms with Crippen LogP contribution in [0.4, 0.5) is 5.69 Å². The second-order valence-corrected chi connectivity index (χ2v) is 4.11. The van der Waals surface area contributed by atoms with Crippen molar-refractivity contribution in [1.82, 2.24) is 14.6 Å². The SMILES string of the molecule is COC(C)CCC(=O)Nc1ccc2ncnn2c1. The molecule has 6 nitrogen and oxygen atoms in total. The van der Waals surface area contributed by atoms with Gasteiger partial charge in [0.25, 0.3) is 0 Å². The molecule has 0 aliphatic heterocycles. The number of carbonyl (C=O) groups excluding carboxylic acids is 1. The Kier molecular flexibility index (Phi) is 3.88. The minimum Gasteiger partial charge on any atom is -0.382 e. The van der Waals surface area contributed by atoms with Crippen LogP contribution in [0.25, 0.3) is 5.65 Å². The average Bonchev–Trinajstić information content (AvgIpc) is 2.83. The molecule has 0 bridgehead atoms. The molecule has 0 radical (unpaired) electrons. The maximum absolute atomic E-state index is 11.7. The first-order valence-corrected chi connectivity index (χ1v) is 5.81. The Morgan fingerprint density at radius 3 is 3.17 bits per heavy atom. The lowest BCUT2D eigenvalue weighted by atomic mass is 10.2. The highest BCUT2D eigenvalue weighted by atomic mass is 16.5. The van der Waals surface area contributed by atoms with Crippen LogP contribution in [0.3, 0.4) is 0 Å². The summed E-state index contributed by atoms with van der Waals surface area (Å²) in [5, 5.41) is 6.83. The van der Waals surface area contributed by atoms with Crippen molar-refractivity contribution in [2.24, 2.45) is 0 Å². The van der Waals surface area contributed by atoms with E-state index in [9.17, 15) is 4.79 Å². The van der Waals surface area contributed by atoms with Gasteiger partial charge >= 0.3 is 0 Å². The number of carbonyl (C=O) groups is 1. The summed E-state index contributed by atoms with van der Waals surface area (Å²) >= 11 is 0. The number of fused-ring (bicyclic) bond motifs is 1. The quantitative estimate of drug-likeness (QED) is 0.870. The van der Waals surface area contributed by atoms with E-state index in [-0.39, 0.29) is 12.0 Å². The van der Waals surface area contributed by atoms with Crippen molar-refractivity contribution in [3.05, 3.63) is 24.7 Å². The van der Waals surface area contributed by atoms with E-state index in [0.29, 0.717) is 18.5 Å². The first-order chi connectivity index (χ1) is 8.69. The van der Waals surface area contributed by atoms with Crippen LogP contribution in [0.15, 0.2) is 24.7 Å². The highest BCUT2D eigenvalue weighted by molar-refractivity contribution is 5.90. The second kappa shape index (κ2) is 5.59. The van der Waals surface area contributed by atoms with Crippen LogP contribution in [0.5, 0.6) is 0 Å². The summed E-state index contributed by atoms with van der Waals surface area (Å²) in [7, 11) is 1.64. The normalized spacial score (nSPS) is 12.6. The Morgan fingerprint density at radius 1 is 1.56 bits per heavy atom. The molecule has 1 amide bonds. The number of amides is 1. The average molecular weight is 248 g/mol. The second-order valence-electron chi connectivity index (χ2n) is 4.11. The van der Waals surface area contributed by atoms with Crippen LogP contribution < -0.4 is 5.32 Å². The van der Waals surface area contributed by atoms with Gasteiger partial charge in [0.15, 0.2) is 5.65 Å². The number of hydrogen-bond donors (Lipinski definition) is 1. The highest BCUT2D eigenvalue weighted by Crippen LogP contribution is 2.09. The van der Waals surface area contributed by atoms with Gasteiger partial charge in [-0.25, -0.2) is 9.50 Å². The van der Waals surface area contributed by atoms with Gasteiger partial charge in [0, 0.05) is 13.5 Å². The fourth-order valence-corrected chi connectivity index (χ4v) is 1.57. The highest BCUT2D eigenvalue weighted by Gasteiger charge is 2.06. The Morgan fingerprint density at radius 2 is 2.39 bits per heavy atom. The molecule has 0 spiro atoms. The Bertz CT molecular complexity index is 538. The molecular formula is C12H16N4O2. The number of aromatic nitrogens is 3. The third-order valence-electron chi connectivity index (χ3n) is 2.74. The maximum Gasteiger partial charge on any atom is 0.224 e.